The maximum atomic E-state index is 13.1. The van der Waals surface area contributed by atoms with Crippen LogP contribution in [0, 0.1) is 10.1 Å². The van der Waals surface area contributed by atoms with Gasteiger partial charge in [-0.15, -0.1) is 12.4 Å². The van der Waals surface area contributed by atoms with E-state index in [1.54, 1.807) is 12.1 Å². The zero-order chi connectivity index (χ0) is 24.2. The lowest BCUT2D eigenvalue weighted by Crippen LogP contribution is -2.37. The topological polar surface area (TPSA) is 123 Å². The second-order valence-corrected chi connectivity index (χ2v) is 10.6. The van der Waals surface area contributed by atoms with Crippen molar-refractivity contribution in [3.8, 4) is 5.75 Å². The van der Waals surface area contributed by atoms with Crippen molar-refractivity contribution in [3.05, 3.63) is 52.6 Å². The van der Waals surface area contributed by atoms with Crippen molar-refractivity contribution in [2.75, 3.05) is 44.9 Å². The molecule has 1 aromatic heterocycles. The van der Waals surface area contributed by atoms with Gasteiger partial charge in [-0.1, -0.05) is 11.3 Å². The Hall–Kier alpha value is -2.80. The molecule has 3 aromatic rings. The van der Waals surface area contributed by atoms with Crippen LogP contribution in [-0.2, 0) is 14.6 Å². The maximum Gasteiger partial charge on any atom is 0.270 e. The summed E-state index contributed by atoms with van der Waals surface area (Å²) in [5.74, 6) is -0.203. The number of non-ortho nitro benzene ring substituents is 1. The van der Waals surface area contributed by atoms with Crippen molar-refractivity contribution in [2.24, 2.45) is 0 Å². The first-order valence-electron chi connectivity index (χ1n) is 9.97. The number of hydrogen-bond acceptors (Lipinski definition) is 9. The molecule has 0 N–H and O–H groups in total. The van der Waals surface area contributed by atoms with Crippen LogP contribution in [0.4, 0.5) is 10.8 Å². The van der Waals surface area contributed by atoms with Crippen LogP contribution >= 0.6 is 23.7 Å². The van der Waals surface area contributed by atoms with Gasteiger partial charge in [-0.3, -0.25) is 19.8 Å². The molecule has 13 heteroatoms. The monoisotopic (exact) mass is 528 g/mol. The number of carbonyl (C=O) groups is 1. The molecule has 0 saturated carbocycles. The van der Waals surface area contributed by atoms with Gasteiger partial charge in [-0.05, 0) is 44.4 Å². The van der Waals surface area contributed by atoms with Gasteiger partial charge in [0.25, 0.3) is 5.69 Å². The van der Waals surface area contributed by atoms with Gasteiger partial charge >= 0.3 is 0 Å². The lowest BCUT2D eigenvalue weighted by molar-refractivity contribution is -0.384. The van der Waals surface area contributed by atoms with Crippen LogP contribution in [0.3, 0.4) is 0 Å². The van der Waals surface area contributed by atoms with E-state index >= 15 is 0 Å². The number of hydrogen-bond donors (Lipinski definition) is 0. The Morgan fingerprint density at radius 2 is 1.82 bits per heavy atom. The number of nitrogens with zero attached hydrogens (tertiary/aromatic N) is 4. The molecule has 1 heterocycles. The number of halogens is 1. The predicted octanol–water partition coefficient (Wildman–Crippen LogP) is 3.39. The summed E-state index contributed by atoms with van der Waals surface area (Å²) in [6.45, 7) is 0.837. The van der Waals surface area contributed by atoms with Gasteiger partial charge in [0.1, 0.15) is 5.75 Å². The number of aromatic nitrogens is 1. The molecule has 34 heavy (non-hydrogen) atoms. The second-order valence-electron chi connectivity index (χ2n) is 7.50. The number of nitro benzene ring substituents is 1. The highest BCUT2D eigenvalue weighted by molar-refractivity contribution is 7.91. The number of sulfone groups is 1. The predicted molar refractivity (Wildman–Crippen MR) is 134 cm³/mol. The fraction of sp³-hybridized carbons (Fsp3) is 0.333. The van der Waals surface area contributed by atoms with E-state index in [-0.39, 0.29) is 41.1 Å². The largest absolute Gasteiger partial charge is 0.497 e. The van der Waals surface area contributed by atoms with Crippen LogP contribution in [0.25, 0.3) is 10.2 Å². The normalized spacial score (nSPS) is 11.3. The van der Waals surface area contributed by atoms with Crippen molar-refractivity contribution in [1.82, 2.24) is 9.88 Å². The first-order valence-corrected chi connectivity index (χ1v) is 12.4. The van der Waals surface area contributed by atoms with Crippen LogP contribution in [0.5, 0.6) is 5.75 Å². The third-order valence-corrected chi connectivity index (χ3v) is 7.65. The summed E-state index contributed by atoms with van der Waals surface area (Å²) < 4.78 is 31.0. The molecule has 0 fully saturated rings. The Kier molecular flexibility index (Phi) is 9.33. The smallest absolute Gasteiger partial charge is 0.270 e. The van der Waals surface area contributed by atoms with E-state index in [1.165, 1.54) is 42.3 Å². The standard InChI is InChI=1S/C21H24N4O6S2.ClH/c1-23(2)11-12-24(21-22-18-9-4-15(25(27)28)14-19(18)32-21)20(26)10-13-33(29,30)17-7-5-16(31-3)6-8-17;/h4-9,14H,10-13H2,1-3H3;1H. The van der Waals surface area contributed by atoms with Gasteiger partial charge in [0, 0.05) is 31.6 Å². The van der Waals surface area contributed by atoms with Crippen molar-refractivity contribution >= 4 is 60.5 Å². The third kappa shape index (κ3) is 6.63. The summed E-state index contributed by atoms with van der Waals surface area (Å²) in [4.78, 5) is 31.5. The molecular formula is C21H25ClN4O6S2. The number of anilines is 1. The number of methoxy groups -OCH3 is 1. The molecule has 0 saturated heterocycles. The van der Waals surface area contributed by atoms with Crippen LogP contribution in [0.15, 0.2) is 47.4 Å². The molecule has 0 aliphatic rings. The average molecular weight is 529 g/mol. The number of likely N-dealkylation sites (N-methyl/N-ethyl adjacent to an activating group) is 1. The SMILES string of the molecule is COc1ccc(S(=O)(=O)CCC(=O)N(CCN(C)C)c2nc3ccc([N+](=O)[O-])cc3s2)cc1.Cl. The van der Waals surface area contributed by atoms with E-state index in [0.29, 0.717) is 34.2 Å². The number of thiazole rings is 1. The Morgan fingerprint density at radius 3 is 2.41 bits per heavy atom. The number of rotatable bonds is 10. The summed E-state index contributed by atoms with van der Waals surface area (Å²) in [6, 6.07) is 10.3. The van der Waals surface area contributed by atoms with Crippen LogP contribution in [-0.4, -0.2) is 69.2 Å². The van der Waals surface area contributed by atoms with Gasteiger partial charge < -0.3 is 9.64 Å². The molecule has 0 aliphatic carbocycles. The number of amides is 1. The first kappa shape index (κ1) is 27.4. The van der Waals surface area contributed by atoms with Crippen LogP contribution in [0.2, 0.25) is 0 Å². The zero-order valence-corrected chi connectivity index (χ0v) is 21.3. The molecule has 10 nitrogen and oxygen atoms in total. The average Bonchev–Trinajstić information content (AvgIpc) is 3.20. The quantitative estimate of drug-likeness (QED) is 0.290. The lowest BCUT2D eigenvalue weighted by atomic mass is 10.3. The summed E-state index contributed by atoms with van der Waals surface area (Å²) in [7, 11) is 1.54. The minimum absolute atomic E-state index is 0. The summed E-state index contributed by atoms with van der Waals surface area (Å²) in [6.07, 6.45) is -0.224. The van der Waals surface area contributed by atoms with Crippen molar-refractivity contribution in [2.45, 2.75) is 11.3 Å². The molecule has 0 atom stereocenters. The molecule has 0 spiro atoms. The fourth-order valence-electron chi connectivity index (χ4n) is 3.01. The molecule has 0 aliphatic heterocycles. The van der Waals surface area contributed by atoms with E-state index in [1.807, 2.05) is 19.0 Å². The number of fused-ring (bicyclic) bond motifs is 1. The first-order chi connectivity index (χ1) is 15.6. The minimum atomic E-state index is -3.67. The van der Waals surface area contributed by atoms with E-state index < -0.39 is 14.8 Å². The number of ether oxygens (including phenoxy) is 1. The van der Waals surface area contributed by atoms with Gasteiger partial charge in [0.2, 0.25) is 5.91 Å². The summed E-state index contributed by atoms with van der Waals surface area (Å²) >= 11 is 1.16. The fourth-order valence-corrected chi connectivity index (χ4v) is 5.29. The number of nitro groups is 1. The molecule has 0 bridgehead atoms. The van der Waals surface area contributed by atoms with E-state index in [4.69, 9.17) is 4.74 Å². The van der Waals surface area contributed by atoms with Gasteiger partial charge in [0.05, 0.1) is 32.9 Å². The second kappa shape index (κ2) is 11.6. The number of benzene rings is 2. The number of carbonyl (C=O) groups excluding carboxylic acids is 1. The highest BCUT2D eigenvalue weighted by Crippen LogP contribution is 2.32. The lowest BCUT2D eigenvalue weighted by Gasteiger charge is -2.22. The molecule has 1 amide bonds. The minimum Gasteiger partial charge on any atom is -0.497 e. The summed E-state index contributed by atoms with van der Waals surface area (Å²) in [5, 5.41) is 11.4. The third-order valence-electron chi connectivity index (χ3n) is 4.88. The molecular weight excluding hydrogens is 504 g/mol. The molecule has 0 radical (unpaired) electrons. The van der Waals surface area contributed by atoms with Gasteiger partial charge in [-0.2, -0.15) is 0 Å². The Balaban J connectivity index is 0.00000408. The van der Waals surface area contributed by atoms with Crippen molar-refractivity contribution in [1.29, 1.82) is 0 Å². The van der Waals surface area contributed by atoms with E-state index in [0.717, 1.165) is 11.3 Å². The van der Waals surface area contributed by atoms with Crippen molar-refractivity contribution < 1.29 is 22.9 Å². The molecule has 0 unspecified atom stereocenters. The Morgan fingerprint density at radius 1 is 1.15 bits per heavy atom. The van der Waals surface area contributed by atoms with Gasteiger partial charge in [-0.25, -0.2) is 13.4 Å². The van der Waals surface area contributed by atoms with E-state index in [2.05, 4.69) is 4.98 Å². The Bertz CT molecular complexity index is 1260. The molecule has 184 valence electrons. The Labute approximate surface area is 207 Å². The van der Waals surface area contributed by atoms with E-state index in [9.17, 15) is 23.3 Å². The zero-order valence-electron chi connectivity index (χ0n) is 18.8. The molecule has 3 rings (SSSR count). The highest BCUT2D eigenvalue weighted by atomic mass is 35.5. The van der Waals surface area contributed by atoms with Crippen LogP contribution in [0.1, 0.15) is 6.42 Å². The highest BCUT2D eigenvalue weighted by Gasteiger charge is 2.24. The summed E-state index contributed by atoms with van der Waals surface area (Å²) in [5.41, 5.74) is 0.476. The van der Waals surface area contributed by atoms with Gasteiger partial charge in [0.15, 0.2) is 15.0 Å². The maximum absolute atomic E-state index is 13.1. The van der Waals surface area contributed by atoms with Crippen LogP contribution < -0.4 is 9.64 Å². The molecule has 2 aromatic carbocycles. The van der Waals surface area contributed by atoms with Crippen molar-refractivity contribution in [3.63, 3.8) is 0 Å².